The van der Waals surface area contributed by atoms with Crippen LogP contribution in [-0.4, -0.2) is 6.17 Å². The largest absolute Gasteiger partial charge is 0.359 e. The summed E-state index contributed by atoms with van der Waals surface area (Å²) in [5.74, 6) is 0. The van der Waals surface area contributed by atoms with Gasteiger partial charge in [0.25, 0.3) is 0 Å². The molecule has 0 saturated heterocycles. The lowest BCUT2D eigenvalue weighted by Gasteiger charge is -2.31. The molecule has 2 heterocycles. The van der Waals surface area contributed by atoms with Gasteiger partial charge in [-0.15, -0.1) is 0 Å². The molecule has 6 aromatic rings. The molecule has 0 aromatic heterocycles. The Hall–Kier alpha value is -5.34. The Balaban J connectivity index is 1.17. The molecule has 2 nitrogen and oxygen atoms in total. The number of allylic oxidation sites excluding steroid dienone is 2. The van der Waals surface area contributed by atoms with Crippen molar-refractivity contribution >= 4 is 33.3 Å². The summed E-state index contributed by atoms with van der Waals surface area (Å²) >= 11 is 0. The average molecular weight is 525 g/mol. The van der Waals surface area contributed by atoms with Crippen molar-refractivity contribution < 1.29 is 0 Å². The summed E-state index contributed by atoms with van der Waals surface area (Å²) in [7, 11) is 0. The predicted octanol–water partition coefficient (Wildman–Crippen LogP) is 9.87. The molecule has 0 spiro atoms. The van der Waals surface area contributed by atoms with Crippen LogP contribution in [0.4, 0.5) is 11.4 Å². The molecule has 1 unspecified atom stereocenters. The molecule has 0 radical (unpaired) electrons. The maximum atomic E-state index is 3.80. The van der Waals surface area contributed by atoms with Gasteiger partial charge in [-0.05, 0) is 67.9 Å². The highest BCUT2D eigenvalue weighted by atomic mass is 15.3. The molecule has 1 N–H and O–H groups in total. The van der Waals surface area contributed by atoms with E-state index in [-0.39, 0.29) is 6.17 Å². The van der Waals surface area contributed by atoms with Gasteiger partial charge < -0.3 is 10.2 Å². The van der Waals surface area contributed by atoms with Crippen molar-refractivity contribution in [1.29, 1.82) is 0 Å². The molecule has 0 aliphatic carbocycles. The lowest BCUT2D eigenvalue weighted by atomic mass is 9.94. The van der Waals surface area contributed by atoms with Gasteiger partial charge in [-0.2, -0.15) is 0 Å². The van der Waals surface area contributed by atoms with Crippen LogP contribution >= 0.6 is 0 Å². The lowest BCUT2D eigenvalue weighted by Crippen LogP contribution is -2.35. The quantitative estimate of drug-likeness (QED) is 0.247. The fraction of sp³-hybridized carbons (Fsp3) is 0.0256. The molecular weight excluding hydrogens is 496 g/mol. The zero-order valence-electron chi connectivity index (χ0n) is 22.5. The van der Waals surface area contributed by atoms with Crippen LogP contribution in [0.3, 0.4) is 0 Å². The second-order valence-corrected chi connectivity index (χ2v) is 10.7. The third-order valence-corrected chi connectivity index (χ3v) is 8.26. The van der Waals surface area contributed by atoms with Gasteiger partial charge in [0.1, 0.15) is 6.17 Å². The Morgan fingerprint density at radius 1 is 0.512 bits per heavy atom. The number of fused-ring (bicyclic) bond motifs is 4. The van der Waals surface area contributed by atoms with E-state index < -0.39 is 0 Å². The van der Waals surface area contributed by atoms with E-state index >= 15 is 0 Å². The van der Waals surface area contributed by atoms with Crippen molar-refractivity contribution in [2.75, 3.05) is 10.2 Å². The minimum Gasteiger partial charge on any atom is -0.359 e. The Labute approximate surface area is 240 Å². The van der Waals surface area contributed by atoms with Crippen LogP contribution in [0.1, 0.15) is 11.1 Å². The zero-order chi connectivity index (χ0) is 27.2. The van der Waals surface area contributed by atoms with Crippen LogP contribution in [0.25, 0.3) is 44.2 Å². The minimum absolute atomic E-state index is 0.0452. The van der Waals surface area contributed by atoms with Crippen LogP contribution in [0.2, 0.25) is 0 Å². The Morgan fingerprint density at radius 2 is 1.17 bits per heavy atom. The number of nitrogens with zero attached hydrogens (tertiary/aromatic N) is 1. The molecule has 2 aliphatic heterocycles. The molecule has 2 heteroatoms. The predicted molar refractivity (Wildman–Crippen MR) is 174 cm³/mol. The molecule has 41 heavy (non-hydrogen) atoms. The molecule has 6 aromatic carbocycles. The number of hydrogen-bond donors (Lipinski definition) is 1. The SMILES string of the molecule is C1=C(c2ccccc2)C=C(c2ccccc2)C2Nc3ccc(-c4ccc(-c5cccc6ccccc56)cc4)cc3N12. The van der Waals surface area contributed by atoms with E-state index in [0.717, 1.165) is 5.69 Å². The first-order valence-corrected chi connectivity index (χ1v) is 14.1. The smallest absolute Gasteiger partial charge is 0.130 e. The Morgan fingerprint density at radius 3 is 1.98 bits per heavy atom. The van der Waals surface area contributed by atoms with Crippen LogP contribution in [0, 0.1) is 0 Å². The van der Waals surface area contributed by atoms with E-state index in [4.69, 9.17) is 0 Å². The first kappa shape index (κ1) is 23.5. The van der Waals surface area contributed by atoms with Gasteiger partial charge in [-0.1, -0.05) is 133 Å². The van der Waals surface area contributed by atoms with Crippen molar-refractivity contribution in [3.63, 3.8) is 0 Å². The maximum Gasteiger partial charge on any atom is 0.130 e. The highest BCUT2D eigenvalue weighted by Crippen LogP contribution is 2.45. The van der Waals surface area contributed by atoms with E-state index in [1.54, 1.807) is 0 Å². The van der Waals surface area contributed by atoms with Crippen LogP contribution in [0.15, 0.2) is 158 Å². The van der Waals surface area contributed by atoms with Crippen molar-refractivity contribution in [1.82, 2.24) is 0 Å². The van der Waals surface area contributed by atoms with E-state index in [1.165, 1.54) is 61.0 Å². The maximum absolute atomic E-state index is 3.80. The van der Waals surface area contributed by atoms with Crippen LogP contribution in [0.5, 0.6) is 0 Å². The van der Waals surface area contributed by atoms with E-state index in [0.29, 0.717) is 0 Å². The molecule has 0 bridgehead atoms. The number of benzene rings is 6. The summed E-state index contributed by atoms with van der Waals surface area (Å²) in [6.45, 7) is 0. The second-order valence-electron chi connectivity index (χ2n) is 10.7. The van der Waals surface area contributed by atoms with Crippen molar-refractivity contribution in [2.24, 2.45) is 0 Å². The first-order valence-electron chi connectivity index (χ1n) is 14.1. The van der Waals surface area contributed by atoms with Crippen molar-refractivity contribution in [3.05, 3.63) is 169 Å². The third kappa shape index (κ3) is 4.13. The number of anilines is 2. The molecule has 1 atom stereocenters. The van der Waals surface area contributed by atoms with E-state index in [2.05, 4.69) is 168 Å². The number of nitrogens with one attached hydrogen (secondary N) is 1. The molecule has 0 amide bonds. The molecule has 8 rings (SSSR count). The lowest BCUT2D eigenvalue weighted by molar-refractivity contribution is 0.929. The minimum atomic E-state index is 0.0452. The molecule has 194 valence electrons. The molecule has 2 aliphatic rings. The monoisotopic (exact) mass is 524 g/mol. The van der Waals surface area contributed by atoms with Gasteiger partial charge in [0.15, 0.2) is 0 Å². The summed E-state index contributed by atoms with van der Waals surface area (Å²) in [4.78, 5) is 2.40. The third-order valence-electron chi connectivity index (χ3n) is 8.26. The summed E-state index contributed by atoms with van der Waals surface area (Å²) in [5, 5.41) is 6.35. The standard InChI is InChI=1S/C39H28N2/c1-3-10-27(11-4-1)33-24-36(30-12-5-2-6-13-30)39-40-37-23-22-32(25-38(37)41(39)26-33)28-18-20-31(21-19-28)35-17-9-15-29-14-7-8-16-34(29)35/h1-26,39-40H. The highest BCUT2D eigenvalue weighted by molar-refractivity contribution is 5.98. The Bertz CT molecular complexity index is 1950. The zero-order valence-corrected chi connectivity index (χ0v) is 22.5. The van der Waals surface area contributed by atoms with E-state index in [1.807, 2.05) is 0 Å². The molecule has 0 fully saturated rings. The van der Waals surface area contributed by atoms with Gasteiger partial charge in [-0.3, -0.25) is 0 Å². The average Bonchev–Trinajstić information content (AvgIpc) is 3.43. The van der Waals surface area contributed by atoms with Crippen molar-refractivity contribution in [3.8, 4) is 22.3 Å². The topological polar surface area (TPSA) is 15.3 Å². The Kier molecular flexibility index (Phi) is 5.56. The first-order chi connectivity index (χ1) is 20.3. The highest BCUT2D eigenvalue weighted by Gasteiger charge is 2.34. The fourth-order valence-corrected chi connectivity index (χ4v) is 6.19. The molecular formula is C39H28N2. The van der Waals surface area contributed by atoms with Gasteiger partial charge >= 0.3 is 0 Å². The van der Waals surface area contributed by atoms with Gasteiger partial charge in [-0.25, -0.2) is 0 Å². The molecule has 0 saturated carbocycles. The van der Waals surface area contributed by atoms with Crippen LogP contribution < -0.4 is 10.2 Å². The van der Waals surface area contributed by atoms with Gasteiger partial charge in [0.2, 0.25) is 0 Å². The van der Waals surface area contributed by atoms with Gasteiger partial charge in [0, 0.05) is 11.8 Å². The number of hydrogen-bond acceptors (Lipinski definition) is 2. The summed E-state index contributed by atoms with van der Waals surface area (Å²) in [6, 6.07) is 52.2. The summed E-state index contributed by atoms with van der Waals surface area (Å²) in [6.07, 6.45) is 4.67. The fourth-order valence-electron chi connectivity index (χ4n) is 6.19. The van der Waals surface area contributed by atoms with Crippen LogP contribution in [-0.2, 0) is 0 Å². The second kappa shape index (κ2) is 9.69. The number of rotatable bonds is 4. The van der Waals surface area contributed by atoms with Crippen molar-refractivity contribution in [2.45, 2.75) is 6.17 Å². The summed E-state index contributed by atoms with van der Waals surface area (Å²) < 4.78 is 0. The normalized spacial score (nSPS) is 15.5. The summed E-state index contributed by atoms with van der Waals surface area (Å²) in [5.41, 5.74) is 12.2. The van der Waals surface area contributed by atoms with Gasteiger partial charge in [0.05, 0.1) is 11.4 Å². The van der Waals surface area contributed by atoms with E-state index in [9.17, 15) is 0 Å².